The number of carbonyl (C=O) groups is 1. The van der Waals surface area contributed by atoms with Crippen molar-refractivity contribution in [2.45, 2.75) is 18.9 Å². The van der Waals surface area contributed by atoms with E-state index in [0.717, 1.165) is 12.8 Å². The molecule has 1 heterocycles. The predicted octanol–water partition coefficient (Wildman–Crippen LogP) is 2.14. The van der Waals surface area contributed by atoms with Crippen LogP contribution in [0.2, 0.25) is 0 Å². The summed E-state index contributed by atoms with van der Waals surface area (Å²) < 4.78 is 18.9. The average Bonchev–Trinajstić information content (AvgIpc) is 2.38. The Balaban J connectivity index is 2.31. The molecule has 1 saturated heterocycles. The molecule has 0 aromatic heterocycles. The highest BCUT2D eigenvalue weighted by Crippen LogP contribution is 2.26. The summed E-state index contributed by atoms with van der Waals surface area (Å²) in [5, 5.41) is 9.10. The van der Waals surface area contributed by atoms with Crippen LogP contribution in [0, 0.1) is 5.82 Å². The molecule has 0 amide bonds. The summed E-state index contributed by atoms with van der Waals surface area (Å²) in [6, 6.07) is 4.54. The maximum Gasteiger partial charge on any atom is 0.340 e. The third-order valence-corrected chi connectivity index (χ3v) is 3.32. The van der Waals surface area contributed by atoms with Gasteiger partial charge in [0, 0.05) is 26.3 Å². The highest BCUT2D eigenvalue weighted by Gasteiger charge is 2.24. The Hall–Kier alpha value is -1.62. The van der Waals surface area contributed by atoms with E-state index in [1.807, 2.05) is 4.90 Å². The van der Waals surface area contributed by atoms with Crippen LogP contribution in [0.1, 0.15) is 23.2 Å². The van der Waals surface area contributed by atoms with Gasteiger partial charge in [0.15, 0.2) is 0 Å². The van der Waals surface area contributed by atoms with Gasteiger partial charge >= 0.3 is 5.97 Å². The van der Waals surface area contributed by atoms with Crippen LogP contribution in [0.4, 0.5) is 10.1 Å². The molecule has 0 radical (unpaired) electrons. The number of halogens is 1. The van der Waals surface area contributed by atoms with Crippen molar-refractivity contribution in [3.63, 3.8) is 0 Å². The SMILES string of the molecule is CN(c1cccc(F)c1C(=O)O)C1CCOCC1. The van der Waals surface area contributed by atoms with Crippen molar-refractivity contribution in [3.05, 3.63) is 29.6 Å². The molecule has 18 heavy (non-hydrogen) atoms. The van der Waals surface area contributed by atoms with E-state index in [4.69, 9.17) is 9.84 Å². The monoisotopic (exact) mass is 253 g/mol. The van der Waals surface area contributed by atoms with Crippen LogP contribution >= 0.6 is 0 Å². The Morgan fingerprint density at radius 2 is 2.11 bits per heavy atom. The van der Waals surface area contributed by atoms with E-state index in [9.17, 15) is 9.18 Å². The van der Waals surface area contributed by atoms with E-state index in [0.29, 0.717) is 18.9 Å². The van der Waals surface area contributed by atoms with Gasteiger partial charge in [0.05, 0.1) is 5.69 Å². The summed E-state index contributed by atoms with van der Waals surface area (Å²) in [7, 11) is 1.80. The van der Waals surface area contributed by atoms with Crippen LogP contribution in [0.5, 0.6) is 0 Å². The second-order valence-electron chi connectivity index (χ2n) is 4.39. The highest BCUT2D eigenvalue weighted by molar-refractivity contribution is 5.94. The second-order valence-corrected chi connectivity index (χ2v) is 4.39. The van der Waals surface area contributed by atoms with Crippen molar-refractivity contribution in [1.29, 1.82) is 0 Å². The first-order valence-corrected chi connectivity index (χ1v) is 5.93. The van der Waals surface area contributed by atoms with Crippen LogP contribution in [-0.4, -0.2) is 37.4 Å². The molecule has 0 saturated carbocycles. The molecule has 1 aliphatic rings. The Kier molecular flexibility index (Phi) is 3.81. The van der Waals surface area contributed by atoms with Gasteiger partial charge in [-0.1, -0.05) is 6.07 Å². The summed E-state index contributed by atoms with van der Waals surface area (Å²) in [5.41, 5.74) is 0.167. The molecule has 1 aliphatic heterocycles. The number of nitrogens with zero attached hydrogens (tertiary/aromatic N) is 1. The Bertz CT molecular complexity index is 444. The average molecular weight is 253 g/mol. The molecule has 2 rings (SSSR count). The van der Waals surface area contributed by atoms with Crippen molar-refractivity contribution in [2.75, 3.05) is 25.2 Å². The van der Waals surface area contributed by atoms with Gasteiger partial charge < -0.3 is 14.7 Å². The molecule has 98 valence electrons. The second kappa shape index (κ2) is 5.35. The van der Waals surface area contributed by atoms with E-state index in [1.54, 1.807) is 13.1 Å². The Morgan fingerprint density at radius 3 is 2.72 bits per heavy atom. The summed E-state index contributed by atoms with van der Waals surface area (Å²) in [6.45, 7) is 1.32. The lowest BCUT2D eigenvalue weighted by Crippen LogP contribution is -2.37. The molecule has 0 spiro atoms. The van der Waals surface area contributed by atoms with Crippen LogP contribution in [-0.2, 0) is 4.74 Å². The van der Waals surface area contributed by atoms with Crippen LogP contribution in [0.15, 0.2) is 18.2 Å². The van der Waals surface area contributed by atoms with Crippen molar-refractivity contribution in [3.8, 4) is 0 Å². The third kappa shape index (κ3) is 2.46. The van der Waals surface area contributed by atoms with Crippen molar-refractivity contribution in [1.82, 2.24) is 0 Å². The summed E-state index contributed by atoms with van der Waals surface area (Å²) >= 11 is 0. The van der Waals surface area contributed by atoms with Crippen LogP contribution in [0.3, 0.4) is 0 Å². The van der Waals surface area contributed by atoms with Gasteiger partial charge in [-0.05, 0) is 25.0 Å². The smallest absolute Gasteiger partial charge is 0.340 e. The summed E-state index contributed by atoms with van der Waals surface area (Å²) in [4.78, 5) is 13.0. The number of ether oxygens (including phenoxy) is 1. The molecule has 0 atom stereocenters. The minimum Gasteiger partial charge on any atom is -0.478 e. The molecule has 0 unspecified atom stereocenters. The molecular formula is C13H16FNO3. The van der Waals surface area contributed by atoms with E-state index in [1.165, 1.54) is 12.1 Å². The first-order chi connectivity index (χ1) is 8.61. The van der Waals surface area contributed by atoms with Crippen molar-refractivity contribution < 1.29 is 19.0 Å². The molecule has 5 heteroatoms. The van der Waals surface area contributed by atoms with E-state index >= 15 is 0 Å². The van der Waals surface area contributed by atoms with Crippen LogP contribution < -0.4 is 4.90 Å². The fraction of sp³-hybridized carbons (Fsp3) is 0.462. The Labute approximate surface area is 105 Å². The fourth-order valence-corrected chi connectivity index (χ4v) is 2.29. The number of benzene rings is 1. The number of hydrogen-bond acceptors (Lipinski definition) is 3. The zero-order valence-electron chi connectivity index (χ0n) is 10.2. The third-order valence-electron chi connectivity index (χ3n) is 3.32. The molecule has 0 bridgehead atoms. The standard InChI is InChI=1S/C13H16FNO3/c1-15(9-5-7-18-8-6-9)11-4-2-3-10(14)12(11)13(16)17/h2-4,9H,5-8H2,1H3,(H,16,17). The van der Waals surface area contributed by atoms with Gasteiger partial charge in [-0.15, -0.1) is 0 Å². The number of rotatable bonds is 3. The molecule has 1 fully saturated rings. The number of aromatic carboxylic acids is 1. The number of hydrogen-bond donors (Lipinski definition) is 1. The van der Waals surface area contributed by atoms with E-state index in [-0.39, 0.29) is 11.6 Å². The highest BCUT2D eigenvalue weighted by atomic mass is 19.1. The van der Waals surface area contributed by atoms with Crippen molar-refractivity contribution >= 4 is 11.7 Å². The lowest BCUT2D eigenvalue weighted by molar-refractivity contribution is 0.0691. The molecule has 1 N–H and O–H groups in total. The first-order valence-electron chi connectivity index (χ1n) is 5.93. The fourth-order valence-electron chi connectivity index (χ4n) is 2.29. The molecule has 0 aliphatic carbocycles. The summed E-state index contributed by atoms with van der Waals surface area (Å²) in [6.07, 6.45) is 1.65. The summed E-state index contributed by atoms with van der Waals surface area (Å²) in [5.74, 6) is -1.93. The largest absolute Gasteiger partial charge is 0.478 e. The van der Waals surface area contributed by atoms with Crippen LogP contribution in [0.25, 0.3) is 0 Å². The van der Waals surface area contributed by atoms with Gasteiger partial charge in [0.25, 0.3) is 0 Å². The number of anilines is 1. The quantitative estimate of drug-likeness (QED) is 0.896. The number of carboxylic acids is 1. The minimum atomic E-state index is -1.23. The predicted molar refractivity (Wildman–Crippen MR) is 65.6 cm³/mol. The maximum absolute atomic E-state index is 13.6. The van der Waals surface area contributed by atoms with Gasteiger partial charge in [-0.2, -0.15) is 0 Å². The lowest BCUT2D eigenvalue weighted by Gasteiger charge is -2.33. The molecular weight excluding hydrogens is 237 g/mol. The number of carboxylic acid groups (broad SMARTS) is 1. The zero-order chi connectivity index (χ0) is 13.1. The maximum atomic E-state index is 13.6. The minimum absolute atomic E-state index is 0.193. The van der Waals surface area contributed by atoms with E-state index in [2.05, 4.69) is 0 Å². The zero-order valence-corrected chi connectivity index (χ0v) is 10.2. The van der Waals surface area contributed by atoms with Gasteiger partial charge in [-0.3, -0.25) is 0 Å². The normalized spacial score (nSPS) is 16.6. The van der Waals surface area contributed by atoms with Gasteiger partial charge in [-0.25, -0.2) is 9.18 Å². The molecule has 1 aromatic carbocycles. The topological polar surface area (TPSA) is 49.8 Å². The Morgan fingerprint density at radius 1 is 1.44 bits per heavy atom. The lowest BCUT2D eigenvalue weighted by atomic mass is 10.0. The van der Waals surface area contributed by atoms with Crippen molar-refractivity contribution in [2.24, 2.45) is 0 Å². The first kappa shape index (κ1) is 12.8. The molecule has 4 nitrogen and oxygen atoms in total. The van der Waals surface area contributed by atoms with E-state index < -0.39 is 11.8 Å². The molecule has 1 aromatic rings. The van der Waals surface area contributed by atoms with Gasteiger partial charge in [0.2, 0.25) is 0 Å². The van der Waals surface area contributed by atoms with Gasteiger partial charge in [0.1, 0.15) is 11.4 Å².